The minimum Gasteiger partial charge on any atom is -0.329 e. The van der Waals surface area contributed by atoms with Crippen molar-refractivity contribution in [3.05, 3.63) is 0 Å². The number of nitrogens with zero attached hydrogens (tertiary/aromatic N) is 1. The van der Waals surface area contributed by atoms with Gasteiger partial charge in [-0.2, -0.15) is 0 Å². The summed E-state index contributed by atoms with van der Waals surface area (Å²) in [7, 11) is 0. The Balaban J connectivity index is 2.71. The Morgan fingerprint density at radius 1 is 1.29 bits per heavy atom. The summed E-state index contributed by atoms with van der Waals surface area (Å²) in [6.07, 6.45) is 3.94. The molecule has 5 atom stereocenters. The normalized spacial score (nSPS) is 34.6. The van der Waals surface area contributed by atoms with Gasteiger partial charge in [0.05, 0.1) is 0 Å². The van der Waals surface area contributed by atoms with E-state index in [1.807, 2.05) is 0 Å². The van der Waals surface area contributed by atoms with Crippen molar-refractivity contribution in [1.29, 1.82) is 0 Å². The molecule has 1 saturated heterocycles. The summed E-state index contributed by atoms with van der Waals surface area (Å²) in [5.74, 6) is 2.36. The van der Waals surface area contributed by atoms with Crippen molar-refractivity contribution in [3.8, 4) is 0 Å². The number of hydrogen-bond acceptors (Lipinski definition) is 2. The van der Waals surface area contributed by atoms with Crippen LogP contribution in [0, 0.1) is 17.8 Å². The van der Waals surface area contributed by atoms with Gasteiger partial charge < -0.3 is 5.73 Å². The summed E-state index contributed by atoms with van der Waals surface area (Å²) in [6.45, 7) is 13.9. The maximum atomic E-state index is 6.05. The number of hydrogen-bond donors (Lipinski definition) is 1. The Bertz CT molecular complexity index is 217. The minimum atomic E-state index is 0.579. The predicted octanol–water partition coefficient (Wildman–Crippen LogP) is 3.12. The molecule has 0 spiro atoms. The molecule has 0 aliphatic carbocycles. The van der Waals surface area contributed by atoms with E-state index < -0.39 is 0 Å². The van der Waals surface area contributed by atoms with Gasteiger partial charge in [-0.05, 0) is 37.5 Å². The van der Waals surface area contributed by atoms with Crippen LogP contribution in [0.3, 0.4) is 0 Å². The fourth-order valence-corrected chi connectivity index (χ4v) is 3.54. The molecule has 0 radical (unpaired) electrons. The second kappa shape index (κ2) is 6.75. The first kappa shape index (κ1) is 15.0. The lowest BCUT2D eigenvalue weighted by molar-refractivity contribution is 0.0213. The molecule has 0 aromatic carbocycles. The highest BCUT2D eigenvalue weighted by atomic mass is 15.2. The second-order valence-electron chi connectivity index (χ2n) is 6.32. The molecule has 1 aliphatic heterocycles. The van der Waals surface area contributed by atoms with E-state index in [0.29, 0.717) is 12.1 Å². The molecule has 2 N–H and O–H groups in total. The Kier molecular flexibility index (Phi) is 5.94. The average molecular weight is 240 g/mol. The maximum absolute atomic E-state index is 6.05. The molecule has 0 amide bonds. The van der Waals surface area contributed by atoms with E-state index in [-0.39, 0.29) is 0 Å². The zero-order valence-corrected chi connectivity index (χ0v) is 12.4. The first-order valence-corrected chi connectivity index (χ1v) is 7.47. The predicted molar refractivity (Wildman–Crippen MR) is 76.0 cm³/mol. The summed E-state index contributed by atoms with van der Waals surface area (Å²) in [6, 6.07) is 1.27. The van der Waals surface area contributed by atoms with Crippen molar-refractivity contribution >= 4 is 0 Å². The summed E-state index contributed by atoms with van der Waals surface area (Å²) in [5, 5.41) is 0. The van der Waals surface area contributed by atoms with E-state index in [1.165, 1.54) is 25.8 Å². The van der Waals surface area contributed by atoms with Crippen LogP contribution in [-0.4, -0.2) is 30.1 Å². The molecular formula is C15H32N2. The lowest BCUT2D eigenvalue weighted by Gasteiger charge is -2.47. The van der Waals surface area contributed by atoms with Gasteiger partial charge in [-0.3, -0.25) is 4.90 Å². The van der Waals surface area contributed by atoms with Gasteiger partial charge in [0.15, 0.2) is 0 Å². The zero-order valence-electron chi connectivity index (χ0n) is 12.4. The molecule has 0 aromatic rings. The van der Waals surface area contributed by atoms with Crippen LogP contribution in [0.25, 0.3) is 0 Å². The van der Waals surface area contributed by atoms with Crippen molar-refractivity contribution in [2.75, 3.05) is 13.1 Å². The lowest BCUT2D eigenvalue weighted by atomic mass is 9.83. The van der Waals surface area contributed by atoms with Gasteiger partial charge >= 0.3 is 0 Å². The third-order valence-electron chi connectivity index (χ3n) is 4.71. The Morgan fingerprint density at radius 2 is 1.94 bits per heavy atom. The summed E-state index contributed by atoms with van der Waals surface area (Å²) >= 11 is 0. The zero-order chi connectivity index (χ0) is 13.0. The third-order valence-corrected chi connectivity index (χ3v) is 4.71. The summed E-state index contributed by atoms with van der Waals surface area (Å²) < 4.78 is 0. The first-order chi connectivity index (χ1) is 8.01. The SMILES string of the molecule is CCCC(C)C(CN)N1CC(C)CC(C)C1C. The second-order valence-corrected chi connectivity index (χ2v) is 6.32. The van der Waals surface area contributed by atoms with Gasteiger partial charge in [0.2, 0.25) is 0 Å². The van der Waals surface area contributed by atoms with E-state index in [2.05, 4.69) is 39.5 Å². The highest BCUT2D eigenvalue weighted by molar-refractivity contribution is 4.88. The fraction of sp³-hybridized carbons (Fsp3) is 1.00. The Hall–Kier alpha value is -0.0800. The standard InChI is InChI=1S/C15H32N2/c1-6-7-12(3)15(9-16)17-10-11(2)8-13(4)14(17)5/h11-15H,6-10,16H2,1-5H3. The van der Waals surface area contributed by atoms with Crippen LogP contribution in [0.1, 0.15) is 53.9 Å². The topological polar surface area (TPSA) is 29.3 Å². The smallest absolute Gasteiger partial charge is 0.0247 e. The van der Waals surface area contributed by atoms with Crippen LogP contribution in [-0.2, 0) is 0 Å². The Morgan fingerprint density at radius 3 is 2.47 bits per heavy atom. The monoisotopic (exact) mass is 240 g/mol. The van der Waals surface area contributed by atoms with Crippen LogP contribution >= 0.6 is 0 Å². The van der Waals surface area contributed by atoms with Crippen molar-refractivity contribution < 1.29 is 0 Å². The lowest BCUT2D eigenvalue weighted by Crippen LogP contribution is -2.55. The number of nitrogens with two attached hydrogens (primary N) is 1. The molecule has 1 aliphatic rings. The van der Waals surface area contributed by atoms with Gasteiger partial charge in [0.25, 0.3) is 0 Å². The van der Waals surface area contributed by atoms with Gasteiger partial charge in [-0.15, -0.1) is 0 Å². The van der Waals surface area contributed by atoms with E-state index in [4.69, 9.17) is 5.73 Å². The molecule has 0 bridgehead atoms. The minimum absolute atomic E-state index is 0.579. The Labute approximate surface area is 108 Å². The van der Waals surface area contributed by atoms with Crippen LogP contribution in [0.5, 0.6) is 0 Å². The summed E-state index contributed by atoms with van der Waals surface area (Å²) in [5.41, 5.74) is 6.05. The van der Waals surface area contributed by atoms with Crippen LogP contribution in [0.15, 0.2) is 0 Å². The van der Waals surface area contributed by atoms with Gasteiger partial charge in [0.1, 0.15) is 0 Å². The third kappa shape index (κ3) is 3.69. The van der Waals surface area contributed by atoms with Gasteiger partial charge in [-0.25, -0.2) is 0 Å². The molecule has 1 rings (SSSR count). The van der Waals surface area contributed by atoms with Gasteiger partial charge in [-0.1, -0.05) is 34.1 Å². The molecule has 2 heteroatoms. The van der Waals surface area contributed by atoms with Crippen LogP contribution in [0.4, 0.5) is 0 Å². The molecule has 5 unspecified atom stereocenters. The summed E-state index contributed by atoms with van der Waals surface area (Å²) in [4.78, 5) is 2.69. The molecule has 17 heavy (non-hydrogen) atoms. The highest BCUT2D eigenvalue weighted by Gasteiger charge is 2.34. The number of rotatable bonds is 5. The number of likely N-dealkylation sites (tertiary alicyclic amines) is 1. The van der Waals surface area contributed by atoms with E-state index in [9.17, 15) is 0 Å². The molecule has 0 saturated carbocycles. The van der Waals surface area contributed by atoms with Crippen LogP contribution in [0.2, 0.25) is 0 Å². The quantitative estimate of drug-likeness (QED) is 0.800. The fourth-order valence-electron chi connectivity index (χ4n) is 3.54. The first-order valence-electron chi connectivity index (χ1n) is 7.47. The maximum Gasteiger partial charge on any atom is 0.0247 e. The molecule has 102 valence electrons. The molecular weight excluding hydrogens is 208 g/mol. The van der Waals surface area contributed by atoms with E-state index in [0.717, 1.165) is 24.3 Å². The van der Waals surface area contributed by atoms with Crippen LogP contribution < -0.4 is 5.73 Å². The van der Waals surface area contributed by atoms with Gasteiger partial charge in [0, 0.05) is 25.2 Å². The van der Waals surface area contributed by atoms with Crippen molar-refractivity contribution in [1.82, 2.24) is 4.90 Å². The van der Waals surface area contributed by atoms with Crippen molar-refractivity contribution in [2.24, 2.45) is 23.5 Å². The molecule has 2 nitrogen and oxygen atoms in total. The van der Waals surface area contributed by atoms with Crippen molar-refractivity contribution in [3.63, 3.8) is 0 Å². The average Bonchev–Trinajstić information content (AvgIpc) is 2.26. The molecule has 0 aromatic heterocycles. The highest BCUT2D eigenvalue weighted by Crippen LogP contribution is 2.30. The largest absolute Gasteiger partial charge is 0.329 e. The number of piperidine rings is 1. The molecule has 1 fully saturated rings. The van der Waals surface area contributed by atoms with E-state index in [1.54, 1.807) is 0 Å². The molecule has 1 heterocycles. The van der Waals surface area contributed by atoms with E-state index >= 15 is 0 Å². The van der Waals surface area contributed by atoms with Crippen molar-refractivity contribution in [2.45, 2.75) is 66.0 Å².